The molecule has 20 heavy (non-hydrogen) atoms. The number of nitrogens with one attached hydrogen (secondary N) is 1. The maximum absolute atomic E-state index is 12.1. The van der Waals surface area contributed by atoms with Crippen LogP contribution in [0.4, 0.5) is 0 Å². The Bertz CT molecular complexity index is 474. The van der Waals surface area contributed by atoms with Crippen molar-refractivity contribution in [2.45, 2.75) is 38.1 Å². The molecule has 2 N–H and O–H groups in total. The van der Waals surface area contributed by atoms with E-state index in [-0.39, 0.29) is 12.3 Å². The van der Waals surface area contributed by atoms with E-state index < -0.39 is 12.0 Å². The van der Waals surface area contributed by atoms with E-state index in [9.17, 15) is 9.59 Å². The van der Waals surface area contributed by atoms with Crippen molar-refractivity contribution in [3.05, 3.63) is 21.4 Å². The van der Waals surface area contributed by atoms with E-state index >= 15 is 0 Å². The lowest BCUT2D eigenvalue weighted by molar-refractivity contribution is -0.139. The number of hydrogen-bond acceptors (Lipinski definition) is 4. The molecule has 0 fully saturated rings. The molecule has 0 aliphatic heterocycles. The monoisotopic (exact) mass is 297 g/mol. The highest BCUT2D eigenvalue weighted by molar-refractivity contribution is 7.14. The largest absolute Gasteiger partial charge is 0.480 e. The third-order valence-corrected chi connectivity index (χ3v) is 4.67. The summed E-state index contributed by atoms with van der Waals surface area (Å²) in [5.74, 6) is -1.33. The van der Waals surface area contributed by atoms with Crippen molar-refractivity contribution in [3.8, 4) is 0 Å². The summed E-state index contributed by atoms with van der Waals surface area (Å²) in [6.07, 6.45) is 4.64. The van der Waals surface area contributed by atoms with Gasteiger partial charge in [0.05, 0.1) is 4.88 Å². The van der Waals surface area contributed by atoms with Crippen LogP contribution in [0.2, 0.25) is 0 Å². The van der Waals surface area contributed by atoms with Gasteiger partial charge in [0.15, 0.2) is 0 Å². The Hall–Kier alpha value is -1.40. The van der Waals surface area contributed by atoms with Crippen molar-refractivity contribution < 1.29 is 19.4 Å². The van der Waals surface area contributed by atoms with Crippen LogP contribution in [-0.2, 0) is 22.4 Å². The fourth-order valence-corrected chi connectivity index (χ4v) is 3.48. The van der Waals surface area contributed by atoms with Crippen molar-refractivity contribution in [2.24, 2.45) is 0 Å². The summed E-state index contributed by atoms with van der Waals surface area (Å²) < 4.78 is 4.86. The lowest BCUT2D eigenvalue weighted by Gasteiger charge is -2.13. The first-order valence-corrected chi connectivity index (χ1v) is 7.57. The highest BCUT2D eigenvalue weighted by Gasteiger charge is 2.23. The number of amides is 1. The van der Waals surface area contributed by atoms with Crippen LogP contribution in [0.1, 0.15) is 39.4 Å². The van der Waals surface area contributed by atoms with Gasteiger partial charge in [0, 0.05) is 25.0 Å². The van der Waals surface area contributed by atoms with Gasteiger partial charge in [-0.05, 0) is 37.3 Å². The Kier molecular flexibility index (Phi) is 5.14. The first-order chi connectivity index (χ1) is 9.61. The molecule has 1 heterocycles. The van der Waals surface area contributed by atoms with E-state index in [1.807, 2.05) is 6.07 Å². The summed E-state index contributed by atoms with van der Waals surface area (Å²) in [4.78, 5) is 25.1. The molecule has 1 aliphatic carbocycles. The van der Waals surface area contributed by atoms with Crippen molar-refractivity contribution in [2.75, 3.05) is 13.7 Å². The highest BCUT2D eigenvalue weighted by atomic mass is 32.1. The third-order valence-electron chi connectivity index (χ3n) is 3.43. The van der Waals surface area contributed by atoms with Gasteiger partial charge in [-0.25, -0.2) is 4.79 Å². The summed E-state index contributed by atoms with van der Waals surface area (Å²) in [5, 5.41) is 11.7. The van der Waals surface area contributed by atoms with E-state index in [4.69, 9.17) is 9.84 Å². The molecule has 5 nitrogen and oxygen atoms in total. The lowest BCUT2D eigenvalue weighted by atomic mass is 9.99. The Balaban J connectivity index is 2.02. The minimum absolute atomic E-state index is 0.267. The van der Waals surface area contributed by atoms with E-state index in [1.54, 1.807) is 0 Å². The van der Waals surface area contributed by atoms with Crippen LogP contribution in [0.25, 0.3) is 0 Å². The summed E-state index contributed by atoms with van der Waals surface area (Å²) in [6.45, 7) is 0.304. The van der Waals surface area contributed by atoms with Gasteiger partial charge < -0.3 is 15.2 Å². The smallest absolute Gasteiger partial charge is 0.326 e. The summed E-state index contributed by atoms with van der Waals surface area (Å²) >= 11 is 1.48. The van der Waals surface area contributed by atoms with Gasteiger partial charge in [-0.3, -0.25) is 4.79 Å². The molecule has 1 amide bonds. The predicted octanol–water partition coefficient (Wildman–Crippen LogP) is 1.85. The second kappa shape index (κ2) is 6.85. The molecule has 0 aromatic carbocycles. The third kappa shape index (κ3) is 3.58. The fraction of sp³-hybridized carbons (Fsp3) is 0.571. The number of rotatable bonds is 6. The number of hydrogen-bond donors (Lipinski definition) is 2. The second-order valence-corrected chi connectivity index (χ2v) is 6.05. The molecule has 1 aromatic rings. The SMILES string of the molecule is COCCC(NC(=O)c1cc2c(s1)CCCC2)C(=O)O. The molecule has 1 unspecified atom stereocenters. The molecule has 0 spiro atoms. The van der Waals surface area contributed by atoms with Crippen molar-refractivity contribution in [3.63, 3.8) is 0 Å². The summed E-state index contributed by atoms with van der Waals surface area (Å²) in [5.41, 5.74) is 1.25. The standard InChI is InChI=1S/C14H19NO4S/c1-19-7-6-10(14(17)18)15-13(16)12-8-9-4-2-3-5-11(9)20-12/h8,10H,2-7H2,1H3,(H,15,16)(H,17,18). The summed E-state index contributed by atoms with van der Waals surface area (Å²) in [7, 11) is 1.51. The first kappa shape index (κ1) is 15.0. The number of aliphatic carboxylic acids is 1. The molecule has 0 saturated heterocycles. The molecule has 0 bridgehead atoms. The average molecular weight is 297 g/mol. The second-order valence-electron chi connectivity index (χ2n) is 4.91. The molecule has 0 radical (unpaired) electrons. The normalized spacial score (nSPS) is 15.4. The van der Waals surface area contributed by atoms with Crippen LogP contribution in [0.3, 0.4) is 0 Å². The van der Waals surface area contributed by atoms with Gasteiger partial charge in [0.2, 0.25) is 0 Å². The van der Waals surface area contributed by atoms with Gasteiger partial charge in [-0.15, -0.1) is 11.3 Å². The number of fused-ring (bicyclic) bond motifs is 1. The quantitative estimate of drug-likeness (QED) is 0.840. The molecule has 1 atom stereocenters. The molecule has 2 rings (SSSR count). The molecule has 0 saturated carbocycles. The van der Waals surface area contributed by atoms with Crippen molar-refractivity contribution >= 4 is 23.2 Å². The Morgan fingerprint density at radius 2 is 2.20 bits per heavy atom. The number of aryl methyl sites for hydroxylation is 2. The van der Waals surface area contributed by atoms with Crippen LogP contribution in [0.15, 0.2) is 6.07 Å². The number of carboxylic acids is 1. The lowest BCUT2D eigenvalue weighted by Crippen LogP contribution is -2.41. The van der Waals surface area contributed by atoms with Gasteiger partial charge in [0.1, 0.15) is 6.04 Å². The molecule has 1 aliphatic rings. The van der Waals surface area contributed by atoms with Gasteiger partial charge in [-0.2, -0.15) is 0 Å². The molecular formula is C14H19NO4S. The first-order valence-electron chi connectivity index (χ1n) is 6.76. The minimum Gasteiger partial charge on any atom is -0.480 e. The highest BCUT2D eigenvalue weighted by Crippen LogP contribution is 2.29. The van der Waals surface area contributed by atoms with Gasteiger partial charge >= 0.3 is 5.97 Å². The molecule has 6 heteroatoms. The number of carboxylic acid groups (broad SMARTS) is 1. The molecular weight excluding hydrogens is 278 g/mol. The Labute approximate surface area is 121 Å². The zero-order valence-electron chi connectivity index (χ0n) is 11.5. The van der Waals surface area contributed by atoms with Crippen molar-refractivity contribution in [1.82, 2.24) is 5.32 Å². The van der Waals surface area contributed by atoms with Crippen LogP contribution >= 0.6 is 11.3 Å². The number of thiophene rings is 1. The number of methoxy groups -OCH3 is 1. The van der Waals surface area contributed by atoms with Crippen LogP contribution in [-0.4, -0.2) is 36.7 Å². The van der Waals surface area contributed by atoms with Gasteiger partial charge in [-0.1, -0.05) is 0 Å². The number of carbonyl (C=O) groups is 2. The molecule has 1 aromatic heterocycles. The fourth-order valence-electron chi connectivity index (χ4n) is 2.33. The summed E-state index contributed by atoms with van der Waals surface area (Å²) in [6, 6.07) is 1.01. The van der Waals surface area contributed by atoms with Gasteiger partial charge in [0.25, 0.3) is 5.91 Å². The topological polar surface area (TPSA) is 75.6 Å². The van der Waals surface area contributed by atoms with Crippen molar-refractivity contribution in [1.29, 1.82) is 0 Å². The van der Waals surface area contributed by atoms with E-state index in [2.05, 4.69) is 5.32 Å². The maximum atomic E-state index is 12.1. The van der Waals surface area contributed by atoms with E-state index in [1.165, 1.54) is 35.3 Å². The maximum Gasteiger partial charge on any atom is 0.326 e. The van der Waals surface area contributed by atoms with E-state index in [0.29, 0.717) is 11.5 Å². The predicted molar refractivity (Wildman–Crippen MR) is 76.3 cm³/mol. The Morgan fingerprint density at radius 3 is 2.85 bits per heavy atom. The minimum atomic E-state index is -1.03. The van der Waals surface area contributed by atoms with Crippen LogP contribution in [0, 0.1) is 0 Å². The van der Waals surface area contributed by atoms with Crippen LogP contribution in [0.5, 0.6) is 0 Å². The Morgan fingerprint density at radius 1 is 1.45 bits per heavy atom. The van der Waals surface area contributed by atoms with Crippen LogP contribution < -0.4 is 5.32 Å². The number of carbonyl (C=O) groups excluding carboxylic acids is 1. The molecule has 110 valence electrons. The van der Waals surface area contributed by atoms with E-state index in [0.717, 1.165) is 19.3 Å². The number of ether oxygens (including phenoxy) is 1. The zero-order valence-corrected chi connectivity index (χ0v) is 12.3. The zero-order chi connectivity index (χ0) is 14.5. The average Bonchev–Trinajstić information content (AvgIpc) is 2.86.